The van der Waals surface area contributed by atoms with Crippen molar-refractivity contribution in [2.75, 3.05) is 25.0 Å². The Bertz CT molecular complexity index is 803. The first-order chi connectivity index (χ1) is 12.5. The Kier molecular flexibility index (Phi) is 5.46. The number of nitrogens with zero attached hydrogens (tertiary/aromatic N) is 1. The minimum Gasteiger partial charge on any atom is -0.481 e. The molecule has 3 rings (SSSR count). The van der Waals surface area contributed by atoms with E-state index in [0.29, 0.717) is 17.3 Å². The molecule has 0 spiro atoms. The number of amides is 2. The standard InChI is InChI=1S/C19H18F2N2O3/c20-14-5-8-17(16(21)11-14)26-12-18(24)22-15-6-3-13(4-7-15)19(25)23-9-1-2-10-23/h3-8,11H,1-2,9-10,12H2,(H,22,24). The number of ether oxygens (including phenoxy) is 1. The normalized spacial score (nSPS) is 13.5. The Morgan fingerprint density at radius 3 is 2.38 bits per heavy atom. The number of benzene rings is 2. The number of carbonyl (C=O) groups is 2. The summed E-state index contributed by atoms with van der Waals surface area (Å²) in [7, 11) is 0. The molecule has 2 amide bonds. The van der Waals surface area contributed by atoms with Gasteiger partial charge in [0, 0.05) is 30.4 Å². The van der Waals surface area contributed by atoms with Crippen molar-refractivity contribution in [2.45, 2.75) is 12.8 Å². The van der Waals surface area contributed by atoms with Gasteiger partial charge in [0.15, 0.2) is 18.2 Å². The van der Waals surface area contributed by atoms with Crippen LogP contribution >= 0.6 is 0 Å². The van der Waals surface area contributed by atoms with Crippen LogP contribution in [0.25, 0.3) is 0 Å². The summed E-state index contributed by atoms with van der Waals surface area (Å²) >= 11 is 0. The molecule has 0 atom stereocenters. The van der Waals surface area contributed by atoms with Gasteiger partial charge in [0.05, 0.1) is 0 Å². The van der Waals surface area contributed by atoms with Crippen LogP contribution in [-0.4, -0.2) is 36.4 Å². The molecule has 0 aromatic heterocycles. The van der Waals surface area contributed by atoms with E-state index < -0.39 is 24.1 Å². The lowest BCUT2D eigenvalue weighted by atomic mass is 10.2. The second-order valence-electron chi connectivity index (χ2n) is 5.99. The van der Waals surface area contributed by atoms with Crippen LogP contribution in [0.4, 0.5) is 14.5 Å². The average Bonchev–Trinajstić information content (AvgIpc) is 3.16. The zero-order valence-electron chi connectivity index (χ0n) is 14.0. The van der Waals surface area contributed by atoms with Crippen LogP contribution in [0.15, 0.2) is 42.5 Å². The highest BCUT2D eigenvalue weighted by Crippen LogP contribution is 2.18. The summed E-state index contributed by atoms with van der Waals surface area (Å²) in [5.41, 5.74) is 1.06. The van der Waals surface area contributed by atoms with Crippen LogP contribution in [-0.2, 0) is 4.79 Å². The fourth-order valence-electron chi connectivity index (χ4n) is 2.73. The van der Waals surface area contributed by atoms with Crippen molar-refractivity contribution in [1.29, 1.82) is 0 Å². The molecule has 0 saturated carbocycles. The van der Waals surface area contributed by atoms with E-state index in [9.17, 15) is 18.4 Å². The lowest BCUT2D eigenvalue weighted by Gasteiger charge is -2.15. The maximum absolute atomic E-state index is 13.4. The van der Waals surface area contributed by atoms with Crippen molar-refractivity contribution in [2.24, 2.45) is 0 Å². The van der Waals surface area contributed by atoms with Gasteiger partial charge in [0.25, 0.3) is 11.8 Å². The third-order valence-electron chi connectivity index (χ3n) is 4.06. The Labute approximate surface area is 149 Å². The number of hydrogen-bond acceptors (Lipinski definition) is 3. The first-order valence-electron chi connectivity index (χ1n) is 8.30. The van der Waals surface area contributed by atoms with Crippen molar-refractivity contribution in [3.8, 4) is 5.75 Å². The van der Waals surface area contributed by atoms with Gasteiger partial charge in [0.2, 0.25) is 0 Å². The summed E-state index contributed by atoms with van der Waals surface area (Å²) in [6.07, 6.45) is 2.04. The molecule has 0 bridgehead atoms. The Morgan fingerprint density at radius 1 is 1.04 bits per heavy atom. The van der Waals surface area contributed by atoms with Crippen LogP contribution in [0.1, 0.15) is 23.2 Å². The van der Waals surface area contributed by atoms with E-state index >= 15 is 0 Å². The van der Waals surface area contributed by atoms with Crippen molar-refractivity contribution in [3.05, 3.63) is 59.7 Å². The number of likely N-dealkylation sites (tertiary alicyclic amines) is 1. The number of carbonyl (C=O) groups excluding carboxylic acids is 2. The maximum Gasteiger partial charge on any atom is 0.262 e. The molecule has 2 aromatic carbocycles. The Hall–Kier alpha value is -2.96. The van der Waals surface area contributed by atoms with Crippen molar-refractivity contribution in [1.82, 2.24) is 4.90 Å². The van der Waals surface area contributed by atoms with E-state index in [4.69, 9.17) is 4.74 Å². The van der Waals surface area contributed by atoms with Crippen LogP contribution in [0, 0.1) is 11.6 Å². The Morgan fingerprint density at radius 2 is 1.73 bits per heavy atom. The minimum atomic E-state index is -0.873. The number of rotatable bonds is 5. The van der Waals surface area contributed by atoms with Crippen molar-refractivity contribution < 1.29 is 23.1 Å². The van der Waals surface area contributed by atoms with Gasteiger partial charge in [-0.05, 0) is 49.2 Å². The maximum atomic E-state index is 13.4. The third-order valence-corrected chi connectivity index (χ3v) is 4.06. The molecule has 1 fully saturated rings. The summed E-state index contributed by atoms with van der Waals surface area (Å²) in [5, 5.41) is 2.59. The average molecular weight is 360 g/mol. The minimum absolute atomic E-state index is 0.0181. The van der Waals surface area contributed by atoms with Gasteiger partial charge in [-0.3, -0.25) is 9.59 Å². The molecule has 1 aliphatic heterocycles. The zero-order chi connectivity index (χ0) is 18.5. The second-order valence-corrected chi connectivity index (χ2v) is 5.99. The number of halogens is 2. The molecule has 7 heteroatoms. The lowest BCUT2D eigenvalue weighted by molar-refractivity contribution is -0.118. The fraction of sp³-hybridized carbons (Fsp3) is 0.263. The summed E-state index contributed by atoms with van der Waals surface area (Å²) in [6.45, 7) is 1.13. The summed E-state index contributed by atoms with van der Waals surface area (Å²) < 4.78 is 31.3. The van der Waals surface area contributed by atoms with Gasteiger partial charge in [0.1, 0.15) is 5.82 Å². The molecule has 0 aliphatic carbocycles. The highest BCUT2D eigenvalue weighted by atomic mass is 19.1. The van der Waals surface area contributed by atoms with Gasteiger partial charge < -0.3 is 15.0 Å². The molecule has 0 radical (unpaired) electrons. The molecule has 136 valence electrons. The molecular weight excluding hydrogens is 342 g/mol. The van der Waals surface area contributed by atoms with Crippen molar-refractivity contribution in [3.63, 3.8) is 0 Å². The number of anilines is 1. The largest absolute Gasteiger partial charge is 0.481 e. The highest BCUT2D eigenvalue weighted by molar-refractivity contribution is 5.96. The monoisotopic (exact) mass is 360 g/mol. The molecule has 1 heterocycles. The van der Waals surface area contributed by atoms with Gasteiger partial charge >= 0.3 is 0 Å². The quantitative estimate of drug-likeness (QED) is 0.891. The molecule has 1 aliphatic rings. The van der Waals surface area contributed by atoms with Gasteiger partial charge in [-0.25, -0.2) is 8.78 Å². The molecule has 1 N–H and O–H groups in total. The van der Waals surface area contributed by atoms with E-state index in [2.05, 4.69) is 5.32 Å². The second kappa shape index (κ2) is 7.95. The van der Waals surface area contributed by atoms with E-state index in [0.717, 1.165) is 38.1 Å². The van der Waals surface area contributed by atoms with Crippen LogP contribution in [0.3, 0.4) is 0 Å². The van der Waals surface area contributed by atoms with Crippen LogP contribution < -0.4 is 10.1 Å². The molecule has 5 nitrogen and oxygen atoms in total. The van der Waals surface area contributed by atoms with Crippen LogP contribution in [0.2, 0.25) is 0 Å². The van der Waals surface area contributed by atoms with E-state index in [1.165, 1.54) is 0 Å². The lowest BCUT2D eigenvalue weighted by Crippen LogP contribution is -2.27. The summed E-state index contributed by atoms with van der Waals surface area (Å²) in [5.74, 6) is -2.30. The van der Waals surface area contributed by atoms with Gasteiger partial charge in [-0.1, -0.05) is 0 Å². The topological polar surface area (TPSA) is 58.6 Å². The molecular formula is C19H18F2N2O3. The van der Waals surface area contributed by atoms with Crippen LogP contribution in [0.5, 0.6) is 5.75 Å². The predicted octanol–water partition coefficient (Wildman–Crippen LogP) is 3.22. The molecule has 0 unspecified atom stereocenters. The van der Waals surface area contributed by atoms with E-state index in [-0.39, 0.29) is 11.7 Å². The number of hydrogen-bond donors (Lipinski definition) is 1. The van der Waals surface area contributed by atoms with Gasteiger partial charge in [-0.15, -0.1) is 0 Å². The summed E-state index contributed by atoms with van der Waals surface area (Å²) in [4.78, 5) is 25.9. The predicted molar refractivity (Wildman–Crippen MR) is 92.1 cm³/mol. The fourth-order valence-corrected chi connectivity index (χ4v) is 2.73. The summed E-state index contributed by atoms with van der Waals surface area (Å²) in [6, 6.07) is 9.40. The number of nitrogens with one attached hydrogen (secondary N) is 1. The smallest absolute Gasteiger partial charge is 0.262 e. The van der Waals surface area contributed by atoms with E-state index in [1.54, 1.807) is 29.2 Å². The Balaban J connectivity index is 1.53. The molecule has 2 aromatic rings. The SMILES string of the molecule is O=C(COc1ccc(F)cc1F)Nc1ccc(C(=O)N2CCCC2)cc1. The first-order valence-corrected chi connectivity index (χ1v) is 8.30. The van der Waals surface area contributed by atoms with Crippen molar-refractivity contribution >= 4 is 17.5 Å². The first kappa shape index (κ1) is 17.8. The van der Waals surface area contributed by atoms with E-state index in [1.807, 2.05) is 0 Å². The third kappa shape index (κ3) is 4.36. The molecule has 1 saturated heterocycles. The molecule has 26 heavy (non-hydrogen) atoms. The highest BCUT2D eigenvalue weighted by Gasteiger charge is 2.19. The zero-order valence-corrected chi connectivity index (χ0v) is 14.0. The van der Waals surface area contributed by atoms with Gasteiger partial charge in [-0.2, -0.15) is 0 Å².